The van der Waals surface area contributed by atoms with Crippen molar-refractivity contribution in [2.24, 2.45) is 0 Å². The van der Waals surface area contributed by atoms with Gasteiger partial charge in [-0.3, -0.25) is 0 Å². The maximum atomic E-state index is 13.4. The lowest BCUT2D eigenvalue weighted by molar-refractivity contribution is 0.377. The monoisotopic (exact) mass is 294 g/mol. The predicted octanol–water partition coefficient (Wildman–Crippen LogP) is 4.93. The summed E-state index contributed by atoms with van der Waals surface area (Å²) in [7, 11) is 1.58. The third-order valence-corrected chi connectivity index (χ3v) is 3.26. The highest BCUT2D eigenvalue weighted by molar-refractivity contribution is 6.17. The van der Waals surface area contributed by atoms with E-state index in [4.69, 9.17) is 21.1 Å². The Morgan fingerprint density at radius 3 is 2.50 bits per heavy atom. The Balaban J connectivity index is 2.31. The van der Waals surface area contributed by atoms with Crippen LogP contribution < -0.4 is 9.47 Å². The predicted molar refractivity (Wildman–Crippen MR) is 78.4 cm³/mol. The van der Waals surface area contributed by atoms with Crippen LogP contribution in [0.3, 0.4) is 0 Å². The van der Waals surface area contributed by atoms with Crippen molar-refractivity contribution in [2.75, 3.05) is 7.11 Å². The summed E-state index contributed by atoms with van der Waals surface area (Å²) in [6.07, 6.45) is 0.910. The highest BCUT2D eigenvalue weighted by Crippen LogP contribution is 2.33. The highest BCUT2D eigenvalue weighted by Gasteiger charge is 2.08. The van der Waals surface area contributed by atoms with Crippen LogP contribution in [0.1, 0.15) is 18.1 Å². The summed E-state index contributed by atoms with van der Waals surface area (Å²) in [5.41, 5.74) is 1.82. The first-order valence-corrected chi connectivity index (χ1v) is 6.90. The molecule has 2 aromatic rings. The maximum Gasteiger partial charge on any atom is 0.169 e. The molecule has 0 heterocycles. The van der Waals surface area contributed by atoms with Gasteiger partial charge in [-0.05, 0) is 41.8 Å². The first kappa shape index (κ1) is 14.7. The Morgan fingerprint density at radius 1 is 1.05 bits per heavy atom. The molecule has 2 rings (SSSR count). The van der Waals surface area contributed by atoms with Crippen LogP contribution in [0.4, 0.5) is 4.39 Å². The molecule has 106 valence electrons. The molecule has 0 atom stereocenters. The molecule has 0 aliphatic rings. The van der Waals surface area contributed by atoms with E-state index in [1.807, 2.05) is 18.2 Å². The van der Waals surface area contributed by atoms with Gasteiger partial charge in [0, 0.05) is 11.9 Å². The number of rotatable bonds is 5. The number of aryl methyl sites for hydroxylation is 1. The molecule has 0 aromatic heterocycles. The van der Waals surface area contributed by atoms with E-state index in [0.717, 1.165) is 12.0 Å². The van der Waals surface area contributed by atoms with Crippen LogP contribution >= 0.6 is 11.6 Å². The van der Waals surface area contributed by atoms with E-state index < -0.39 is 0 Å². The Labute approximate surface area is 123 Å². The molecule has 0 aliphatic carbocycles. The molecule has 0 saturated carbocycles. The van der Waals surface area contributed by atoms with Crippen molar-refractivity contribution in [3.63, 3.8) is 0 Å². The summed E-state index contributed by atoms with van der Waals surface area (Å²) in [6.45, 7) is 2.06. The fraction of sp³-hybridized carbons (Fsp3) is 0.250. The van der Waals surface area contributed by atoms with Crippen molar-refractivity contribution in [3.8, 4) is 17.2 Å². The normalized spacial score (nSPS) is 10.4. The summed E-state index contributed by atoms with van der Waals surface area (Å²) in [5, 5.41) is 0. The lowest BCUT2D eigenvalue weighted by Crippen LogP contribution is -1.93. The molecule has 2 nitrogen and oxygen atoms in total. The van der Waals surface area contributed by atoms with Crippen molar-refractivity contribution in [1.29, 1.82) is 0 Å². The highest BCUT2D eigenvalue weighted by atomic mass is 35.5. The molecule has 0 radical (unpaired) electrons. The van der Waals surface area contributed by atoms with Crippen molar-refractivity contribution >= 4 is 11.6 Å². The van der Waals surface area contributed by atoms with Gasteiger partial charge in [0.2, 0.25) is 0 Å². The first-order valence-electron chi connectivity index (χ1n) is 6.36. The summed E-state index contributed by atoms with van der Waals surface area (Å²) in [5.74, 6) is 1.45. The Hall–Kier alpha value is -1.74. The van der Waals surface area contributed by atoms with Gasteiger partial charge in [-0.15, -0.1) is 11.6 Å². The van der Waals surface area contributed by atoms with Crippen LogP contribution in [0, 0.1) is 5.82 Å². The summed E-state index contributed by atoms with van der Waals surface area (Å²) >= 11 is 5.73. The molecule has 2 aromatic carbocycles. The third kappa shape index (κ3) is 3.42. The van der Waals surface area contributed by atoms with Crippen molar-refractivity contribution in [1.82, 2.24) is 0 Å². The van der Waals surface area contributed by atoms with E-state index in [1.165, 1.54) is 12.1 Å². The van der Waals surface area contributed by atoms with Gasteiger partial charge in [0.15, 0.2) is 11.5 Å². The van der Waals surface area contributed by atoms with Gasteiger partial charge in [-0.2, -0.15) is 0 Å². The van der Waals surface area contributed by atoms with Gasteiger partial charge in [0.1, 0.15) is 11.6 Å². The van der Waals surface area contributed by atoms with Crippen molar-refractivity contribution < 1.29 is 13.9 Å². The van der Waals surface area contributed by atoms with E-state index in [-0.39, 0.29) is 11.7 Å². The van der Waals surface area contributed by atoms with Crippen LogP contribution in [-0.2, 0) is 12.3 Å². The molecule has 4 heteroatoms. The van der Waals surface area contributed by atoms with Gasteiger partial charge >= 0.3 is 0 Å². The maximum absolute atomic E-state index is 13.4. The van der Waals surface area contributed by atoms with Crippen LogP contribution in [0.25, 0.3) is 0 Å². The van der Waals surface area contributed by atoms with E-state index in [9.17, 15) is 4.39 Å². The van der Waals surface area contributed by atoms with Gasteiger partial charge in [-0.25, -0.2) is 4.39 Å². The van der Waals surface area contributed by atoms with E-state index in [2.05, 4.69) is 6.92 Å². The lowest BCUT2D eigenvalue weighted by Gasteiger charge is -2.12. The van der Waals surface area contributed by atoms with Crippen molar-refractivity contribution in [2.45, 2.75) is 19.2 Å². The van der Waals surface area contributed by atoms with Gasteiger partial charge in [0.05, 0.1) is 7.11 Å². The zero-order chi connectivity index (χ0) is 14.5. The van der Waals surface area contributed by atoms with Gasteiger partial charge in [0.25, 0.3) is 0 Å². The molecule has 0 saturated heterocycles. The SMILES string of the molecule is CCc1ccc(Oc2cc(F)cc(CCl)c2)c(OC)c1. The summed E-state index contributed by atoms with van der Waals surface area (Å²) in [6, 6.07) is 10.1. The zero-order valence-electron chi connectivity index (χ0n) is 11.5. The standard InChI is InChI=1S/C16H16ClFO2/c1-3-11-4-5-15(16(8-11)19-2)20-14-7-12(10-17)6-13(18)9-14/h4-9H,3,10H2,1-2H3. The van der Waals surface area contributed by atoms with Crippen LogP contribution in [0.5, 0.6) is 17.2 Å². The third-order valence-electron chi connectivity index (χ3n) is 2.95. The molecular weight excluding hydrogens is 279 g/mol. The number of hydrogen-bond donors (Lipinski definition) is 0. The zero-order valence-corrected chi connectivity index (χ0v) is 12.2. The van der Waals surface area contributed by atoms with Crippen molar-refractivity contribution in [3.05, 3.63) is 53.3 Å². The van der Waals surface area contributed by atoms with Gasteiger partial charge < -0.3 is 9.47 Å². The molecule has 0 fully saturated rings. The Morgan fingerprint density at radius 2 is 1.85 bits per heavy atom. The molecular formula is C16H16ClFO2. The van der Waals surface area contributed by atoms with Crippen LogP contribution in [-0.4, -0.2) is 7.11 Å². The molecule has 0 spiro atoms. The number of alkyl halides is 1. The second-order valence-electron chi connectivity index (χ2n) is 4.37. The van der Waals surface area contributed by atoms with Crippen LogP contribution in [0.2, 0.25) is 0 Å². The number of ether oxygens (including phenoxy) is 2. The van der Waals surface area contributed by atoms with E-state index >= 15 is 0 Å². The van der Waals surface area contributed by atoms with Crippen LogP contribution in [0.15, 0.2) is 36.4 Å². The smallest absolute Gasteiger partial charge is 0.169 e. The molecule has 20 heavy (non-hydrogen) atoms. The summed E-state index contributed by atoms with van der Waals surface area (Å²) < 4.78 is 24.5. The molecule has 0 aliphatic heterocycles. The van der Waals surface area contributed by atoms with Gasteiger partial charge in [-0.1, -0.05) is 13.0 Å². The van der Waals surface area contributed by atoms with E-state index in [1.54, 1.807) is 13.2 Å². The molecule has 0 amide bonds. The number of benzene rings is 2. The average Bonchev–Trinajstić information content (AvgIpc) is 2.47. The summed E-state index contributed by atoms with van der Waals surface area (Å²) in [4.78, 5) is 0. The second kappa shape index (κ2) is 6.62. The first-order chi connectivity index (χ1) is 9.66. The number of halogens is 2. The van der Waals surface area contributed by atoms with E-state index in [0.29, 0.717) is 22.8 Å². The minimum absolute atomic E-state index is 0.236. The molecule has 0 N–H and O–H groups in total. The lowest BCUT2D eigenvalue weighted by atomic mass is 10.1. The number of methoxy groups -OCH3 is 1. The second-order valence-corrected chi connectivity index (χ2v) is 4.64. The quantitative estimate of drug-likeness (QED) is 0.728. The fourth-order valence-corrected chi connectivity index (χ4v) is 2.05. The fourth-order valence-electron chi connectivity index (χ4n) is 1.90. The number of hydrogen-bond acceptors (Lipinski definition) is 2. The molecule has 0 bridgehead atoms. The minimum Gasteiger partial charge on any atom is -0.493 e. The average molecular weight is 295 g/mol. The minimum atomic E-state index is -0.373. The Kier molecular flexibility index (Phi) is 4.85. The molecule has 0 unspecified atom stereocenters. The largest absolute Gasteiger partial charge is 0.493 e. The topological polar surface area (TPSA) is 18.5 Å². The Bertz CT molecular complexity index is 599.